The molecule has 1 aliphatic heterocycles. The van der Waals surface area contributed by atoms with Gasteiger partial charge in [-0.3, -0.25) is 9.78 Å². The Hall–Kier alpha value is -1.79. The zero-order chi connectivity index (χ0) is 14.7. The molecule has 1 aliphatic rings. The van der Waals surface area contributed by atoms with E-state index in [-0.39, 0.29) is 11.9 Å². The normalized spacial score (nSPS) is 18.7. The smallest absolute Gasteiger partial charge is 0.228 e. The number of nitrogens with one attached hydrogen (secondary N) is 1. The fourth-order valence-corrected chi connectivity index (χ4v) is 3.26. The molecule has 3 heterocycles. The van der Waals surface area contributed by atoms with E-state index >= 15 is 0 Å². The lowest BCUT2D eigenvalue weighted by Crippen LogP contribution is -2.52. The van der Waals surface area contributed by atoms with Crippen LogP contribution in [0.2, 0.25) is 0 Å². The highest BCUT2D eigenvalue weighted by Gasteiger charge is 2.23. The molecule has 1 amide bonds. The molecular weight excluding hydrogens is 284 g/mol. The molecule has 0 saturated carbocycles. The predicted molar refractivity (Wildman–Crippen MR) is 83.1 cm³/mol. The minimum atomic E-state index is 0.155. The third kappa shape index (κ3) is 3.28. The third-order valence-electron chi connectivity index (χ3n) is 3.59. The Morgan fingerprint density at radius 1 is 1.52 bits per heavy atom. The maximum Gasteiger partial charge on any atom is 0.228 e. The number of hydrogen-bond acceptors (Lipinski definition) is 5. The number of pyridine rings is 1. The number of aromatic nitrogens is 2. The average molecular weight is 302 g/mol. The Morgan fingerprint density at radius 3 is 3.19 bits per heavy atom. The molecular formula is C15H18N4OS. The second-order valence-electron chi connectivity index (χ2n) is 5.18. The van der Waals surface area contributed by atoms with Gasteiger partial charge in [-0.25, -0.2) is 4.98 Å². The number of carbonyl (C=O) groups excluding carboxylic acids is 1. The Bertz CT molecular complexity index is 613. The Balaban J connectivity index is 1.68. The molecule has 2 aromatic rings. The monoisotopic (exact) mass is 302 g/mol. The van der Waals surface area contributed by atoms with Crippen LogP contribution in [-0.2, 0) is 11.2 Å². The number of rotatable bonds is 3. The highest BCUT2D eigenvalue weighted by atomic mass is 32.1. The fraction of sp³-hybridized carbons (Fsp3) is 0.400. The lowest BCUT2D eigenvalue weighted by Gasteiger charge is -2.33. The van der Waals surface area contributed by atoms with Crippen LogP contribution in [0, 0.1) is 0 Å². The van der Waals surface area contributed by atoms with Crippen molar-refractivity contribution in [2.45, 2.75) is 19.4 Å². The standard InChI is InChI=1S/C15H18N4OS/c1-11-9-16-6-7-19(11)14(20)8-12-10-21-15(18-12)13-4-2-3-5-17-13/h2-5,10-11,16H,6-9H2,1H3. The van der Waals surface area contributed by atoms with Gasteiger partial charge in [0.25, 0.3) is 0 Å². The van der Waals surface area contributed by atoms with Crippen molar-refractivity contribution >= 4 is 17.2 Å². The van der Waals surface area contributed by atoms with E-state index in [1.54, 1.807) is 6.20 Å². The average Bonchev–Trinajstić information content (AvgIpc) is 2.97. The first-order valence-electron chi connectivity index (χ1n) is 7.10. The third-order valence-corrected chi connectivity index (χ3v) is 4.50. The first-order valence-corrected chi connectivity index (χ1v) is 7.98. The molecule has 1 N–H and O–H groups in total. The van der Waals surface area contributed by atoms with E-state index in [4.69, 9.17) is 0 Å². The largest absolute Gasteiger partial charge is 0.337 e. The molecule has 1 unspecified atom stereocenters. The van der Waals surface area contributed by atoms with Gasteiger partial charge in [-0.05, 0) is 19.1 Å². The fourth-order valence-electron chi connectivity index (χ4n) is 2.46. The summed E-state index contributed by atoms with van der Waals surface area (Å²) in [4.78, 5) is 23.1. The van der Waals surface area contributed by atoms with Gasteiger partial charge < -0.3 is 10.2 Å². The highest BCUT2D eigenvalue weighted by Crippen LogP contribution is 2.22. The zero-order valence-electron chi connectivity index (χ0n) is 12.0. The summed E-state index contributed by atoms with van der Waals surface area (Å²) in [6.07, 6.45) is 2.12. The van der Waals surface area contributed by atoms with Crippen LogP contribution in [0.25, 0.3) is 10.7 Å². The maximum absolute atomic E-state index is 12.4. The molecule has 1 saturated heterocycles. The van der Waals surface area contributed by atoms with Gasteiger partial charge in [0.15, 0.2) is 0 Å². The SMILES string of the molecule is CC1CNCCN1C(=O)Cc1csc(-c2ccccn2)n1. The van der Waals surface area contributed by atoms with Gasteiger partial charge in [0, 0.05) is 37.3 Å². The molecule has 110 valence electrons. The molecule has 1 atom stereocenters. The first-order chi connectivity index (χ1) is 10.2. The predicted octanol–water partition coefficient (Wildman–Crippen LogP) is 1.57. The minimum Gasteiger partial charge on any atom is -0.337 e. The second kappa shape index (κ2) is 6.32. The van der Waals surface area contributed by atoms with Crippen LogP contribution in [0.1, 0.15) is 12.6 Å². The van der Waals surface area contributed by atoms with Crippen molar-refractivity contribution in [3.8, 4) is 10.7 Å². The molecule has 5 nitrogen and oxygen atoms in total. The van der Waals surface area contributed by atoms with Crippen LogP contribution in [0.3, 0.4) is 0 Å². The number of hydrogen-bond donors (Lipinski definition) is 1. The number of amides is 1. The van der Waals surface area contributed by atoms with E-state index in [0.717, 1.165) is 36.0 Å². The number of carbonyl (C=O) groups is 1. The molecule has 6 heteroatoms. The van der Waals surface area contributed by atoms with E-state index in [1.807, 2.05) is 28.5 Å². The van der Waals surface area contributed by atoms with Crippen molar-refractivity contribution in [3.63, 3.8) is 0 Å². The Kier molecular flexibility index (Phi) is 4.26. The van der Waals surface area contributed by atoms with Crippen molar-refractivity contribution in [1.82, 2.24) is 20.2 Å². The summed E-state index contributed by atoms with van der Waals surface area (Å²) in [5, 5.41) is 6.11. The van der Waals surface area contributed by atoms with Crippen molar-refractivity contribution in [2.24, 2.45) is 0 Å². The summed E-state index contributed by atoms with van der Waals surface area (Å²) >= 11 is 1.54. The quantitative estimate of drug-likeness (QED) is 0.935. The van der Waals surface area contributed by atoms with E-state index < -0.39 is 0 Å². The van der Waals surface area contributed by atoms with Crippen LogP contribution in [0.5, 0.6) is 0 Å². The van der Waals surface area contributed by atoms with Gasteiger partial charge in [0.05, 0.1) is 17.8 Å². The molecule has 21 heavy (non-hydrogen) atoms. The van der Waals surface area contributed by atoms with Crippen LogP contribution in [0.4, 0.5) is 0 Å². The molecule has 0 spiro atoms. The first kappa shape index (κ1) is 14.2. The van der Waals surface area contributed by atoms with Gasteiger partial charge in [0.1, 0.15) is 5.01 Å². The maximum atomic E-state index is 12.4. The van der Waals surface area contributed by atoms with Crippen molar-refractivity contribution < 1.29 is 4.79 Å². The number of piperazine rings is 1. The van der Waals surface area contributed by atoms with Gasteiger partial charge in [-0.2, -0.15) is 0 Å². The summed E-state index contributed by atoms with van der Waals surface area (Å²) in [7, 11) is 0. The summed E-state index contributed by atoms with van der Waals surface area (Å²) < 4.78 is 0. The zero-order valence-corrected chi connectivity index (χ0v) is 12.8. The molecule has 3 rings (SSSR count). The molecule has 0 aromatic carbocycles. The van der Waals surface area contributed by atoms with Gasteiger partial charge >= 0.3 is 0 Å². The second-order valence-corrected chi connectivity index (χ2v) is 6.03. The summed E-state index contributed by atoms with van der Waals surface area (Å²) in [6, 6.07) is 6.01. The van der Waals surface area contributed by atoms with E-state index in [0.29, 0.717) is 6.42 Å². The highest BCUT2D eigenvalue weighted by molar-refractivity contribution is 7.13. The lowest BCUT2D eigenvalue weighted by molar-refractivity contribution is -0.133. The van der Waals surface area contributed by atoms with Crippen LogP contribution >= 0.6 is 11.3 Å². The van der Waals surface area contributed by atoms with E-state index in [1.165, 1.54) is 11.3 Å². The van der Waals surface area contributed by atoms with Crippen molar-refractivity contribution in [3.05, 3.63) is 35.5 Å². The molecule has 0 aliphatic carbocycles. The number of thiazole rings is 1. The van der Waals surface area contributed by atoms with Crippen LogP contribution in [0.15, 0.2) is 29.8 Å². The van der Waals surface area contributed by atoms with Gasteiger partial charge in [-0.1, -0.05) is 6.07 Å². The van der Waals surface area contributed by atoms with E-state index in [2.05, 4.69) is 22.2 Å². The number of nitrogens with zero attached hydrogens (tertiary/aromatic N) is 3. The topological polar surface area (TPSA) is 58.1 Å². The Labute approximate surface area is 128 Å². The van der Waals surface area contributed by atoms with Gasteiger partial charge in [-0.15, -0.1) is 11.3 Å². The van der Waals surface area contributed by atoms with Crippen LogP contribution < -0.4 is 5.32 Å². The van der Waals surface area contributed by atoms with Crippen molar-refractivity contribution in [1.29, 1.82) is 0 Å². The lowest BCUT2D eigenvalue weighted by atomic mass is 10.2. The summed E-state index contributed by atoms with van der Waals surface area (Å²) in [5.74, 6) is 0.155. The molecule has 0 bridgehead atoms. The van der Waals surface area contributed by atoms with E-state index in [9.17, 15) is 4.79 Å². The summed E-state index contributed by atoms with van der Waals surface area (Å²) in [6.45, 7) is 4.58. The Morgan fingerprint density at radius 2 is 2.43 bits per heavy atom. The van der Waals surface area contributed by atoms with Gasteiger partial charge in [0.2, 0.25) is 5.91 Å². The molecule has 1 fully saturated rings. The molecule has 2 aromatic heterocycles. The molecule has 0 radical (unpaired) electrons. The summed E-state index contributed by atoms with van der Waals surface area (Å²) in [5.41, 5.74) is 1.69. The van der Waals surface area contributed by atoms with Crippen molar-refractivity contribution in [2.75, 3.05) is 19.6 Å². The van der Waals surface area contributed by atoms with Crippen LogP contribution in [-0.4, -0.2) is 46.5 Å². The minimum absolute atomic E-state index is 0.155.